The Balaban J connectivity index is 2.78. The summed E-state index contributed by atoms with van der Waals surface area (Å²) >= 11 is 1.21. The van der Waals surface area contributed by atoms with Crippen LogP contribution in [0.5, 0.6) is 0 Å². The molecule has 0 radical (unpaired) electrons. The summed E-state index contributed by atoms with van der Waals surface area (Å²) < 4.78 is 24.2. The Morgan fingerprint density at radius 1 is 1.54 bits per heavy atom. The number of aliphatic hydroxyl groups excluding tert-OH is 1. The van der Waals surface area contributed by atoms with E-state index in [2.05, 4.69) is 0 Å². The maximum absolute atomic E-state index is 11.6. The fourth-order valence-electron chi connectivity index (χ4n) is 1.14. The highest BCUT2D eigenvalue weighted by Crippen LogP contribution is 2.33. The molecule has 0 fully saturated rings. The van der Waals surface area contributed by atoms with Gasteiger partial charge in [-0.25, -0.2) is 8.42 Å². The van der Waals surface area contributed by atoms with Crippen LogP contribution in [-0.4, -0.2) is 24.9 Å². The molecule has 0 amide bonds. The van der Waals surface area contributed by atoms with Gasteiger partial charge in [0.05, 0.1) is 11.1 Å². The van der Waals surface area contributed by atoms with Gasteiger partial charge in [0.15, 0.2) is 5.76 Å². The van der Waals surface area contributed by atoms with Crippen molar-refractivity contribution >= 4 is 27.1 Å². The third-order valence-corrected chi connectivity index (χ3v) is 4.65. The van der Waals surface area contributed by atoms with Crippen molar-refractivity contribution in [2.24, 2.45) is 0 Å². The maximum atomic E-state index is 11.6. The van der Waals surface area contributed by atoms with Gasteiger partial charge in [-0.3, -0.25) is 4.31 Å². The molecule has 1 aromatic heterocycles. The van der Waals surface area contributed by atoms with Gasteiger partial charge in [0.1, 0.15) is 4.90 Å². The van der Waals surface area contributed by atoms with E-state index in [0.29, 0.717) is 4.88 Å². The molecule has 0 saturated heterocycles. The molecule has 70 valence electrons. The average Bonchev–Trinajstić information content (AvgIpc) is 2.49. The van der Waals surface area contributed by atoms with Crippen molar-refractivity contribution in [3.8, 4) is 0 Å². The number of thiophene rings is 1. The Kier molecular flexibility index (Phi) is 1.64. The molecule has 0 aromatic carbocycles. The van der Waals surface area contributed by atoms with Crippen molar-refractivity contribution in [1.29, 1.82) is 0 Å². The number of sulfonamides is 1. The summed E-state index contributed by atoms with van der Waals surface area (Å²) in [5.74, 6) is 0.00215. The number of rotatable bonds is 0. The standard InChI is InChI=1S/C7H7NO3S2/c1-8-4-5(9)7-6(2-3-12-7)13(8,10)11/h2-4,9H,1H3. The molecule has 0 bridgehead atoms. The summed E-state index contributed by atoms with van der Waals surface area (Å²) in [6.45, 7) is 0. The fraction of sp³-hybridized carbons (Fsp3) is 0.143. The van der Waals surface area contributed by atoms with Crippen LogP contribution in [0.3, 0.4) is 0 Å². The minimum Gasteiger partial charge on any atom is -0.505 e. The average molecular weight is 217 g/mol. The zero-order chi connectivity index (χ0) is 9.64. The Morgan fingerprint density at radius 3 is 2.92 bits per heavy atom. The van der Waals surface area contributed by atoms with Crippen molar-refractivity contribution in [2.45, 2.75) is 4.90 Å². The van der Waals surface area contributed by atoms with Crippen molar-refractivity contribution in [3.05, 3.63) is 22.5 Å². The largest absolute Gasteiger partial charge is 0.505 e. The molecule has 0 atom stereocenters. The Hall–Kier alpha value is -1.01. The van der Waals surface area contributed by atoms with E-state index >= 15 is 0 Å². The molecule has 1 N–H and O–H groups in total. The molecular formula is C7H7NO3S2. The summed E-state index contributed by atoms with van der Waals surface area (Å²) in [5.41, 5.74) is 0. The van der Waals surface area contributed by atoms with Crippen LogP contribution in [0.15, 0.2) is 22.5 Å². The first-order chi connectivity index (χ1) is 6.03. The molecule has 6 heteroatoms. The summed E-state index contributed by atoms with van der Waals surface area (Å²) in [6, 6.07) is 1.50. The van der Waals surface area contributed by atoms with Crippen LogP contribution < -0.4 is 0 Å². The molecule has 4 nitrogen and oxygen atoms in total. The van der Waals surface area contributed by atoms with Gasteiger partial charge >= 0.3 is 0 Å². The molecule has 2 heterocycles. The minimum atomic E-state index is -3.40. The third kappa shape index (κ3) is 1.06. The predicted molar refractivity (Wildman–Crippen MR) is 49.9 cm³/mol. The number of aliphatic hydroxyl groups is 1. The van der Waals surface area contributed by atoms with Gasteiger partial charge in [-0.15, -0.1) is 11.3 Å². The van der Waals surface area contributed by atoms with Gasteiger partial charge in [-0.1, -0.05) is 0 Å². The summed E-state index contributed by atoms with van der Waals surface area (Å²) in [5, 5.41) is 11.1. The first-order valence-corrected chi connectivity index (χ1v) is 5.82. The molecule has 0 aliphatic carbocycles. The van der Waals surface area contributed by atoms with Crippen LogP contribution in [0.25, 0.3) is 5.76 Å². The molecule has 1 aliphatic heterocycles. The quantitative estimate of drug-likeness (QED) is 0.711. The lowest BCUT2D eigenvalue weighted by molar-refractivity contribution is 0.482. The normalized spacial score (nSPS) is 19.5. The molecule has 0 unspecified atom stereocenters. The molecule has 13 heavy (non-hydrogen) atoms. The monoisotopic (exact) mass is 217 g/mol. The minimum absolute atomic E-state index is 0.00215. The Labute approximate surface area is 79.8 Å². The van der Waals surface area contributed by atoms with Gasteiger partial charge < -0.3 is 5.11 Å². The van der Waals surface area contributed by atoms with Crippen LogP contribution in [-0.2, 0) is 10.0 Å². The second-order valence-corrected chi connectivity index (χ2v) is 5.53. The summed E-state index contributed by atoms with van der Waals surface area (Å²) in [4.78, 5) is 0.595. The smallest absolute Gasteiger partial charge is 0.265 e. The molecular weight excluding hydrogens is 210 g/mol. The number of fused-ring (bicyclic) bond motifs is 1. The van der Waals surface area contributed by atoms with Gasteiger partial charge in [0.25, 0.3) is 10.0 Å². The Bertz CT molecular complexity index is 472. The van der Waals surface area contributed by atoms with Crippen LogP contribution in [0.1, 0.15) is 4.88 Å². The van der Waals surface area contributed by atoms with Gasteiger partial charge in [-0.2, -0.15) is 0 Å². The van der Waals surface area contributed by atoms with E-state index in [-0.39, 0.29) is 10.7 Å². The predicted octanol–water partition coefficient (Wildman–Crippen LogP) is 1.24. The fourth-order valence-corrected chi connectivity index (χ4v) is 3.51. The van der Waals surface area contributed by atoms with Crippen molar-refractivity contribution in [2.75, 3.05) is 7.05 Å². The second-order valence-electron chi connectivity index (χ2n) is 2.65. The van der Waals surface area contributed by atoms with E-state index in [4.69, 9.17) is 0 Å². The lowest BCUT2D eigenvalue weighted by atomic mass is 10.4. The van der Waals surface area contributed by atoms with Gasteiger partial charge in [0, 0.05) is 7.05 Å². The van der Waals surface area contributed by atoms with Crippen LogP contribution in [0.4, 0.5) is 0 Å². The zero-order valence-corrected chi connectivity index (χ0v) is 8.39. The van der Waals surface area contributed by atoms with Crippen LogP contribution >= 0.6 is 11.3 Å². The van der Waals surface area contributed by atoms with Crippen LogP contribution in [0, 0.1) is 0 Å². The topological polar surface area (TPSA) is 57.6 Å². The lowest BCUT2D eigenvalue weighted by Gasteiger charge is -2.19. The van der Waals surface area contributed by atoms with Gasteiger partial charge in [0.2, 0.25) is 0 Å². The third-order valence-electron chi connectivity index (χ3n) is 1.82. The molecule has 1 aromatic rings. The Morgan fingerprint density at radius 2 is 2.23 bits per heavy atom. The van der Waals surface area contributed by atoms with E-state index < -0.39 is 10.0 Å². The van der Waals surface area contributed by atoms with Crippen molar-refractivity contribution in [3.63, 3.8) is 0 Å². The molecule has 0 saturated carbocycles. The molecule has 0 spiro atoms. The van der Waals surface area contributed by atoms with Crippen LogP contribution in [0.2, 0.25) is 0 Å². The first-order valence-electron chi connectivity index (χ1n) is 3.50. The van der Waals surface area contributed by atoms with Gasteiger partial charge in [-0.05, 0) is 11.4 Å². The van der Waals surface area contributed by atoms with Crippen molar-refractivity contribution < 1.29 is 13.5 Å². The highest BCUT2D eigenvalue weighted by Gasteiger charge is 2.29. The highest BCUT2D eigenvalue weighted by molar-refractivity contribution is 7.89. The van der Waals surface area contributed by atoms with Crippen molar-refractivity contribution in [1.82, 2.24) is 4.31 Å². The number of hydrogen-bond donors (Lipinski definition) is 1. The van der Waals surface area contributed by atoms with E-state index in [1.165, 1.54) is 30.7 Å². The number of hydrogen-bond acceptors (Lipinski definition) is 4. The van der Waals surface area contributed by atoms with E-state index in [9.17, 15) is 13.5 Å². The SMILES string of the molecule is CN1C=C(O)c2sccc2S1(=O)=O. The maximum Gasteiger partial charge on any atom is 0.265 e. The van der Waals surface area contributed by atoms with E-state index in [1.807, 2.05) is 0 Å². The molecule has 1 aliphatic rings. The number of nitrogens with zero attached hydrogens (tertiary/aromatic N) is 1. The lowest BCUT2D eigenvalue weighted by Crippen LogP contribution is -2.25. The van der Waals surface area contributed by atoms with E-state index in [1.54, 1.807) is 5.38 Å². The van der Waals surface area contributed by atoms with E-state index in [0.717, 1.165) is 4.31 Å². The summed E-state index contributed by atoms with van der Waals surface area (Å²) in [6.07, 6.45) is 1.20. The first kappa shape index (κ1) is 8.58. The summed E-state index contributed by atoms with van der Waals surface area (Å²) in [7, 11) is -2.01. The molecule has 2 rings (SSSR count). The zero-order valence-electron chi connectivity index (χ0n) is 6.76. The highest BCUT2D eigenvalue weighted by atomic mass is 32.2. The second kappa shape index (κ2) is 2.49.